The molecule has 3 rings (SSSR count). The fraction of sp³-hybridized carbons (Fsp3) is 0. The molecule has 3 aromatic rings. The normalized spacial score (nSPS) is 11.0. The zero-order valence-corrected chi connectivity index (χ0v) is 17.3. The van der Waals surface area contributed by atoms with Crippen LogP contribution in [0.5, 0.6) is 11.5 Å². The number of aromatic hydroxyl groups is 2. The van der Waals surface area contributed by atoms with Crippen molar-refractivity contribution in [2.75, 3.05) is 0 Å². The molecule has 0 unspecified atom stereocenters. The van der Waals surface area contributed by atoms with Gasteiger partial charge in [-0.05, 0) is 24.3 Å². The Kier molecular flexibility index (Phi) is 7.11. The van der Waals surface area contributed by atoms with E-state index >= 15 is 0 Å². The van der Waals surface area contributed by atoms with E-state index in [1.54, 1.807) is 0 Å². The van der Waals surface area contributed by atoms with E-state index in [1.807, 2.05) is 0 Å². The van der Waals surface area contributed by atoms with Gasteiger partial charge in [0.15, 0.2) is 11.5 Å². The number of hydrogen-bond acceptors (Lipinski definition) is 11. The molecule has 2 amide bonds. The maximum Gasteiger partial charge on any atom is 0.307 e. The molecule has 0 saturated carbocycles. The number of hydrazone groups is 2. The second-order valence-corrected chi connectivity index (χ2v) is 6.56. The van der Waals surface area contributed by atoms with Crippen molar-refractivity contribution in [1.82, 2.24) is 10.9 Å². The first kappa shape index (κ1) is 24.1. The van der Waals surface area contributed by atoms with Gasteiger partial charge in [0, 0.05) is 35.4 Å². The molecule has 0 fully saturated rings. The Hall–Kier alpha value is -5.60. The van der Waals surface area contributed by atoms with Crippen LogP contribution in [0, 0.1) is 20.2 Å². The summed E-state index contributed by atoms with van der Waals surface area (Å²) in [5.74, 6) is -2.95. The van der Waals surface area contributed by atoms with Crippen molar-refractivity contribution in [3.05, 3.63) is 91.4 Å². The summed E-state index contributed by atoms with van der Waals surface area (Å²) in [5.41, 5.74) is 3.52. The van der Waals surface area contributed by atoms with Crippen LogP contribution in [0.4, 0.5) is 11.4 Å². The molecule has 15 nitrogen and oxygen atoms in total. The predicted octanol–water partition coefficient (Wildman–Crippen LogP) is 2.04. The van der Waals surface area contributed by atoms with Gasteiger partial charge in [-0.15, -0.1) is 0 Å². The summed E-state index contributed by atoms with van der Waals surface area (Å²) in [6.45, 7) is 0. The topological polar surface area (TPSA) is 223 Å². The minimum absolute atomic E-state index is 0.0216. The summed E-state index contributed by atoms with van der Waals surface area (Å²) in [6, 6.07) is 8.82. The summed E-state index contributed by atoms with van der Waals surface area (Å²) in [6.07, 6.45) is 1.96. The highest BCUT2D eigenvalue weighted by molar-refractivity contribution is 5.96. The zero-order chi connectivity index (χ0) is 25.5. The van der Waals surface area contributed by atoms with Crippen LogP contribution >= 0.6 is 0 Å². The van der Waals surface area contributed by atoms with E-state index in [0.717, 1.165) is 48.8 Å². The number of non-ortho nitro benzene ring substituents is 2. The smallest absolute Gasteiger partial charge is 0.307 e. The van der Waals surface area contributed by atoms with Crippen LogP contribution in [0.15, 0.2) is 63.2 Å². The molecule has 0 bridgehead atoms. The first-order chi connectivity index (χ1) is 16.7. The molecule has 2 aromatic carbocycles. The Bertz CT molecular complexity index is 1280. The van der Waals surface area contributed by atoms with Crippen molar-refractivity contribution < 1.29 is 34.1 Å². The molecule has 0 aliphatic heterocycles. The third-order valence-electron chi connectivity index (χ3n) is 4.24. The van der Waals surface area contributed by atoms with Gasteiger partial charge in [0.25, 0.3) is 11.4 Å². The van der Waals surface area contributed by atoms with E-state index in [0.29, 0.717) is 0 Å². The van der Waals surface area contributed by atoms with E-state index in [-0.39, 0.29) is 45.5 Å². The van der Waals surface area contributed by atoms with Crippen molar-refractivity contribution in [2.24, 2.45) is 10.2 Å². The highest BCUT2D eigenvalue weighted by Crippen LogP contribution is 2.22. The molecule has 1 aromatic heterocycles. The maximum atomic E-state index is 12.1. The Morgan fingerprint density at radius 1 is 0.771 bits per heavy atom. The number of carbonyl (C=O) groups is 2. The number of nitrogens with one attached hydrogen (secondary N) is 2. The maximum absolute atomic E-state index is 12.1. The molecule has 4 N–H and O–H groups in total. The number of hydrogen-bond donors (Lipinski definition) is 4. The number of furan rings is 1. The molecule has 0 radical (unpaired) electrons. The van der Waals surface area contributed by atoms with E-state index in [4.69, 9.17) is 4.42 Å². The number of carbonyl (C=O) groups excluding carboxylic acids is 2. The van der Waals surface area contributed by atoms with Crippen molar-refractivity contribution in [1.29, 1.82) is 0 Å². The van der Waals surface area contributed by atoms with Gasteiger partial charge < -0.3 is 14.6 Å². The van der Waals surface area contributed by atoms with Gasteiger partial charge in [0.05, 0.1) is 22.3 Å². The fourth-order valence-corrected chi connectivity index (χ4v) is 2.53. The summed E-state index contributed by atoms with van der Waals surface area (Å²) in [7, 11) is 0. The van der Waals surface area contributed by atoms with Crippen LogP contribution in [0.25, 0.3) is 0 Å². The SMILES string of the molecule is O=C(NN=Cc1cc([N+](=O)[O-])ccc1O)c1ccc(C(=O)NN=Cc2cc([N+](=O)[O-])ccc2O)o1. The summed E-state index contributed by atoms with van der Waals surface area (Å²) in [4.78, 5) is 44.5. The first-order valence-corrected chi connectivity index (χ1v) is 9.37. The highest BCUT2D eigenvalue weighted by atomic mass is 16.6. The van der Waals surface area contributed by atoms with Crippen LogP contribution in [0.2, 0.25) is 0 Å². The quantitative estimate of drug-likeness (QED) is 0.209. The first-order valence-electron chi connectivity index (χ1n) is 9.37. The zero-order valence-electron chi connectivity index (χ0n) is 17.3. The lowest BCUT2D eigenvalue weighted by atomic mass is 10.2. The molecule has 178 valence electrons. The number of phenols is 2. The van der Waals surface area contributed by atoms with Crippen molar-refractivity contribution >= 4 is 35.6 Å². The monoisotopic (exact) mass is 482 g/mol. The van der Waals surface area contributed by atoms with Gasteiger partial charge in [-0.1, -0.05) is 0 Å². The van der Waals surface area contributed by atoms with Gasteiger partial charge >= 0.3 is 11.8 Å². The Labute approximate surface area is 194 Å². The number of nitro groups is 2. The third-order valence-corrected chi connectivity index (χ3v) is 4.24. The molecule has 0 aliphatic rings. The lowest BCUT2D eigenvalue weighted by Crippen LogP contribution is -2.18. The van der Waals surface area contributed by atoms with Gasteiger partial charge in [0.2, 0.25) is 0 Å². The minimum Gasteiger partial charge on any atom is -0.507 e. The molecule has 0 saturated heterocycles. The minimum atomic E-state index is -0.866. The average Bonchev–Trinajstić information content (AvgIpc) is 3.31. The molecule has 0 spiro atoms. The third kappa shape index (κ3) is 6.01. The van der Waals surface area contributed by atoms with Gasteiger partial charge in [0.1, 0.15) is 11.5 Å². The number of phenolic OH excluding ortho intramolecular Hbond substituents is 2. The molecule has 1 heterocycles. The molecule has 15 heteroatoms. The van der Waals surface area contributed by atoms with Gasteiger partial charge in [-0.3, -0.25) is 29.8 Å². The summed E-state index contributed by atoms with van der Waals surface area (Å²) >= 11 is 0. The number of nitro benzene ring substituents is 2. The van der Waals surface area contributed by atoms with E-state index < -0.39 is 21.7 Å². The van der Waals surface area contributed by atoms with E-state index in [2.05, 4.69) is 21.1 Å². The standard InChI is InChI=1S/C20H14N6O9/c27-15-3-1-13(25(31)32)7-11(15)9-21-23-19(29)17-5-6-18(35-17)20(30)24-22-10-12-8-14(26(33)34)2-4-16(12)28/h1-10,27-28H,(H,23,29)(H,24,30). The Morgan fingerprint density at radius 3 is 1.54 bits per heavy atom. The predicted molar refractivity (Wildman–Crippen MR) is 118 cm³/mol. The second kappa shape index (κ2) is 10.3. The average molecular weight is 482 g/mol. The van der Waals surface area contributed by atoms with Gasteiger partial charge in [-0.25, -0.2) is 10.9 Å². The van der Waals surface area contributed by atoms with Crippen molar-refractivity contribution in [3.63, 3.8) is 0 Å². The largest absolute Gasteiger partial charge is 0.507 e. The Balaban J connectivity index is 1.61. The second-order valence-electron chi connectivity index (χ2n) is 6.56. The summed E-state index contributed by atoms with van der Waals surface area (Å²) in [5, 5.41) is 48.2. The van der Waals surface area contributed by atoms with Crippen LogP contribution in [0.3, 0.4) is 0 Å². The highest BCUT2D eigenvalue weighted by Gasteiger charge is 2.16. The fourth-order valence-electron chi connectivity index (χ4n) is 2.53. The van der Waals surface area contributed by atoms with E-state index in [1.165, 1.54) is 12.1 Å². The lowest BCUT2D eigenvalue weighted by Gasteiger charge is -2.00. The molecule has 35 heavy (non-hydrogen) atoms. The van der Waals surface area contributed by atoms with Crippen LogP contribution in [-0.4, -0.2) is 44.3 Å². The number of amides is 2. The molecule has 0 aliphatic carbocycles. The van der Waals surface area contributed by atoms with E-state index in [9.17, 15) is 40.0 Å². The summed E-state index contributed by atoms with van der Waals surface area (Å²) < 4.78 is 5.11. The van der Waals surface area contributed by atoms with Gasteiger partial charge in [-0.2, -0.15) is 10.2 Å². The molecule has 0 atom stereocenters. The molecular formula is C20H14N6O9. The number of benzene rings is 2. The number of nitrogens with zero attached hydrogens (tertiary/aromatic N) is 4. The Morgan fingerprint density at radius 2 is 1.17 bits per heavy atom. The van der Waals surface area contributed by atoms with Crippen molar-refractivity contribution in [3.8, 4) is 11.5 Å². The van der Waals surface area contributed by atoms with Crippen LogP contribution in [0.1, 0.15) is 32.2 Å². The van der Waals surface area contributed by atoms with Crippen LogP contribution in [-0.2, 0) is 0 Å². The number of rotatable bonds is 8. The van der Waals surface area contributed by atoms with Crippen LogP contribution < -0.4 is 10.9 Å². The lowest BCUT2D eigenvalue weighted by molar-refractivity contribution is -0.385. The molecular weight excluding hydrogens is 468 g/mol. The van der Waals surface area contributed by atoms with Crippen molar-refractivity contribution in [2.45, 2.75) is 0 Å².